The molecule has 0 bridgehead atoms. The fourth-order valence-electron chi connectivity index (χ4n) is 1.86. The SMILES string of the molecule is CC(C)(C)NCc1ccc(SCc2cccc(F)c2)cc1. The van der Waals surface area contributed by atoms with Crippen molar-refractivity contribution in [3.63, 3.8) is 0 Å². The van der Waals surface area contributed by atoms with Gasteiger partial charge in [0.15, 0.2) is 0 Å². The molecular weight excluding hydrogens is 281 g/mol. The van der Waals surface area contributed by atoms with Crippen LogP contribution < -0.4 is 5.32 Å². The molecule has 3 heteroatoms. The minimum absolute atomic E-state index is 0.130. The molecular formula is C18H22FNS. The van der Waals surface area contributed by atoms with Crippen molar-refractivity contribution in [1.29, 1.82) is 0 Å². The van der Waals surface area contributed by atoms with Crippen LogP contribution in [0.5, 0.6) is 0 Å². The fourth-order valence-corrected chi connectivity index (χ4v) is 2.71. The van der Waals surface area contributed by atoms with Gasteiger partial charge in [0.1, 0.15) is 5.82 Å². The molecule has 0 atom stereocenters. The fraction of sp³-hybridized carbons (Fsp3) is 0.333. The highest BCUT2D eigenvalue weighted by atomic mass is 32.2. The first-order chi connectivity index (χ1) is 9.92. The highest BCUT2D eigenvalue weighted by Gasteiger charge is 2.08. The Kier molecular flexibility index (Phi) is 5.43. The van der Waals surface area contributed by atoms with Gasteiger partial charge in [0.05, 0.1) is 0 Å². The van der Waals surface area contributed by atoms with E-state index in [1.807, 2.05) is 6.07 Å². The largest absolute Gasteiger partial charge is 0.308 e. The Labute approximate surface area is 131 Å². The molecule has 2 aromatic carbocycles. The van der Waals surface area contributed by atoms with Crippen molar-refractivity contribution in [1.82, 2.24) is 5.32 Å². The van der Waals surface area contributed by atoms with E-state index >= 15 is 0 Å². The number of hydrogen-bond acceptors (Lipinski definition) is 2. The van der Waals surface area contributed by atoms with Gasteiger partial charge >= 0.3 is 0 Å². The highest BCUT2D eigenvalue weighted by molar-refractivity contribution is 7.98. The van der Waals surface area contributed by atoms with E-state index in [9.17, 15) is 4.39 Å². The normalized spacial score (nSPS) is 11.6. The quantitative estimate of drug-likeness (QED) is 0.780. The van der Waals surface area contributed by atoms with Gasteiger partial charge in [-0.2, -0.15) is 0 Å². The Balaban J connectivity index is 1.87. The maximum Gasteiger partial charge on any atom is 0.123 e. The van der Waals surface area contributed by atoms with Crippen molar-refractivity contribution in [3.05, 3.63) is 65.5 Å². The summed E-state index contributed by atoms with van der Waals surface area (Å²) in [6, 6.07) is 15.3. The van der Waals surface area contributed by atoms with Crippen molar-refractivity contribution >= 4 is 11.8 Å². The van der Waals surface area contributed by atoms with E-state index in [0.29, 0.717) is 0 Å². The summed E-state index contributed by atoms with van der Waals surface area (Å²) < 4.78 is 13.1. The van der Waals surface area contributed by atoms with Gasteiger partial charge in [-0.3, -0.25) is 0 Å². The molecule has 2 aromatic rings. The number of rotatable bonds is 5. The molecule has 112 valence electrons. The lowest BCUT2D eigenvalue weighted by Gasteiger charge is -2.20. The van der Waals surface area contributed by atoms with Crippen molar-refractivity contribution in [2.45, 2.75) is 43.5 Å². The molecule has 0 heterocycles. The zero-order chi connectivity index (χ0) is 15.3. The maximum absolute atomic E-state index is 13.1. The number of thioether (sulfide) groups is 1. The molecule has 0 amide bonds. The van der Waals surface area contributed by atoms with Crippen molar-refractivity contribution in [3.8, 4) is 0 Å². The lowest BCUT2D eigenvalue weighted by Crippen LogP contribution is -2.35. The first-order valence-electron chi connectivity index (χ1n) is 7.14. The van der Waals surface area contributed by atoms with Gasteiger partial charge in [-0.1, -0.05) is 24.3 Å². The summed E-state index contributed by atoms with van der Waals surface area (Å²) in [5.41, 5.74) is 2.42. The van der Waals surface area contributed by atoms with E-state index in [0.717, 1.165) is 17.9 Å². The third-order valence-electron chi connectivity index (χ3n) is 3.04. The highest BCUT2D eigenvalue weighted by Crippen LogP contribution is 2.23. The van der Waals surface area contributed by atoms with Gasteiger partial charge in [0.2, 0.25) is 0 Å². The van der Waals surface area contributed by atoms with Crippen molar-refractivity contribution in [2.24, 2.45) is 0 Å². The summed E-state index contributed by atoms with van der Waals surface area (Å²) in [5, 5.41) is 3.47. The smallest absolute Gasteiger partial charge is 0.123 e. The minimum Gasteiger partial charge on any atom is -0.308 e. The Morgan fingerprint density at radius 1 is 1.00 bits per heavy atom. The van der Waals surface area contributed by atoms with Gasteiger partial charge in [-0.25, -0.2) is 4.39 Å². The van der Waals surface area contributed by atoms with Crippen LogP contribution >= 0.6 is 11.8 Å². The Bertz CT molecular complexity index is 573. The van der Waals surface area contributed by atoms with E-state index in [4.69, 9.17) is 0 Å². The molecule has 0 aliphatic rings. The summed E-state index contributed by atoms with van der Waals surface area (Å²) in [6.07, 6.45) is 0. The summed E-state index contributed by atoms with van der Waals surface area (Å²) >= 11 is 1.73. The van der Waals surface area contributed by atoms with Crippen molar-refractivity contribution in [2.75, 3.05) is 0 Å². The van der Waals surface area contributed by atoms with E-state index in [1.165, 1.54) is 16.5 Å². The van der Waals surface area contributed by atoms with E-state index in [2.05, 4.69) is 50.4 Å². The third kappa shape index (κ3) is 5.90. The molecule has 0 fully saturated rings. The molecule has 1 N–H and O–H groups in total. The second-order valence-corrected chi connectivity index (χ2v) is 7.21. The van der Waals surface area contributed by atoms with Gasteiger partial charge in [-0.15, -0.1) is 11.8 Å². The average Bonchev–Trinajstić information content (AvgIpc) is 2.43. The van der Waals surface area contributed by atoms with Gasteiger partial charge in [-0.05, 0) is 56.2 Å². The minimum atomic E-state index is -0.170. The predicted molar refractivity (Wildman–Crippen MR) is 89.0 cm³/mol. The summed E-state index contributed by atoms with van der Waals surface area (Å²) in [5.74, 6) is 0.619. The molecule has 0 unspecified atom stereocenters. The molecule has 0 aromatic heterocycles. The molecule has 0 aliphatic carbocycles. The lowest BCUT2D eigenvalue weighted by atomic mass is 10.1. The van der Waals surface area contributed by atoms with Gasteiger partial charge in [0, 0.05) is 22.7 Å². The van der Waals surface area contributed by atoms with Crippen LogP contribution in [-0.2, 0) is 12.3 Å². The van der Waals surface area contributed by atoms with Crippen LogP contribution in [0.2, 0.25) is 0 Å². The van der Waals surface area contributed by atoms with E-state index in [1.54, 1.807) is 23.9 Å². The van der Waals surface area contributed by atoms with Crippen LogP contribution in [0.3, 0.4) is 0 Å². The lowest BCUT2D eigenvalue weighted by molar-refractivity contribution is 0.424. The van der Waals surface area contributed by atoms with Gasteiger partial charge < -0.3 is 5.32 Å². The topological polar surface area (TPSA) is 12.0 Å². The number of halogens is 1. The maximum atomic E-state index is 13.1. The Hall–Kier alpha value is -1.32. The van der Waals surface area contributed by atoms with Crippen LogP contribution in [0, 0.1) is 5.82 Å². The van der Waals surface area contributed by atoms with Crippen LogP contribution in [0.15, 0.2) is 53.4 Å². The zero-order valence-corrected chi connectivity index (χ0v) is 13.6. The molecule has 21 heavy (non-hydrogen) atoms. The van der Waals surface area contributed by atoms with Crippen LogP contribution in [0.25, 0.3) is 0 Å². The van der Waals surface area contributed by atoms with Gasteiger partial charge in [0.25, 0.3) is 0 Å². The molecule has 0 spiro atoms. The Morgan fingerprint density at radius 3 is 2.33 bits per heavy atom. The summed E-state index contributed by atoms with van der Waals surface area (Å²) in [7, 11) is 0. The average molecular weight is 303 g/mol. The number of nitrogens with one attached hydrogen (secondary N) is 1. The second-order valence-electron chi connectivity index (χ2n) is 6.17. The summed E-state index contributed by atoms with van der Waals surface area (Å²) in [4.78, 5) is 1.21. The van der Waals surface area contributed by atoms with E-state index in [-0.39, 0.29) is 11.4 Å². The second kappa shape index (κ2) is 7.10. The molecule has 0 saturated heterocycles. The first-order valence-corrected chi connectivity index (χ1v) is 8.12. The van der Waals surface area contributed by atoms with Crippen LogP contribution in [0.4, 0.5) is 4.39 Å². The molecule has 1 nitrogen and oxygen atoms in total. The number of hydrogen-bond donors (Lipinski definition) is 1. The summed E-state index contributed by atoms with van der Waals surface area (Å²) in [6.45, 7) is 7.36. The zero-order valence-electron chi connectivity index (χ0n) is 12.8. The Morgan fingerprint density at radius 2 is 1.71 bits per heavy atom. The molecule has 0 radical (unpaired) electrons. The first kappa shape index (κ1) is 16.1. The molecule has 2 rings (SSSR count). The third-order valence-corrected chi connectivity index (χ3v) is 4.12. The predicted octanol–water partition coefficient (Wildman–Crippen LogP) is 5.01. The monoisotopic (exact) mass is 303 g/mol. The van der Waals surface area contributed by atoms with E-state index < -0.39 is 0 Å². The van der Waals surface area contributed by atoms with Crippen molar-refractivity contribution < 1.29 is 4.39 Å². The van der Waals surface area contributed by atoms with Crippen LogP contribution in [0.1, 0.15) is 31.9 Å². The van der Waals surface area contributed by atoms with Crippen LogP contribution in [-0.4, -0.2) is 5.54 Å². The molecule has 0 saturated carbocycles. The molecule has 0 aliphatic heterocycles. The standard InChI is InChI=1S/C18H22FNS/c1-18(2,3)20-12-14-7-9-17(10-8-14)21-13-15-5-4-6-16(19)11-15/h4-11,20H,12-13H2,1-3H3. The number of benzene rings is 2.